The SMILES string of the molecule is CN(C)C(=O)Oc1ccc(-n2nnc(S(C)(C)C(N)=O)c2-c2cccc3ccccc23)c(OC(=O)N(C)C)c1. The Morgan fingerprint density at radius 3 is 2.18 bits per heavy atom. The maximum absolute atomic E-state index is 12.6. The Bertz CT molecular complexity index is 1570. The normalized spacial score (nSPS) is 11.6. The molecule has 2 N–H and O–H groups in total. The first-order valence-corrected chi connectivity index (χ1v) is 14.3. The molecule has 0 spiro atoms. The van der Waals surface area contributed by atoms with Crippen LogP contribution < -0.4 is 15.2 Å². The van der Waals surface area contributed by atoms with Crippen molar-refractivity contribution >= 4 is 38.2 Å². The van der Waals surface area contributed by atoms with Gasteiger partial charge in [0.15, 0.2) is 5.75 Å². The summed E-state index contributed by atoms with van der Waals surface area (Å²) in [7, 11) is 3.96. The number of ether oxygens (including phenoxy) is 2. The van der Waals surface area contributed by atoms with Gasteiger partial charge in [0.2, 0.25) is 0 Å². The van der Waals surface area contributed by atoms with Gasteiger partial charge in [0.05, 0.1) is 0 Å². The van der Waals surface area contributed by atoms with E-state index in [0.29, 0.717) is 16.4 Å². The molecule has 0 radical (unpaired) electrons. The number of carbonyl (C=O) groups excluding carboxylic acids is 3. The maximum Gasteiger partial charge on any atom is 0.414 e. The summed E-state index contributed by atoms with van der Waals surface area (Å²) in [5.74, 6) is 0.233. The number of fused-ring (bicyclic) bond motifs is 1. The first-order chi connectivity index (χ1) is 18.4. The summed E-state index contributed by atoms with van der Waals surface area (Å²) < 4.78 is 12.6. The Morgan fingerprint density at radius 2 is 1.51 bits per heavy atom. The molecule has 3 aromatic carbocycles. The zero-order valence-corrected chi connectivity index (χ0v) is 23.4. The molecule has 12 heteroatoms. The van der Waals surface area contributed by atoms with E-state index in [9.17, 15) is 14.4 Å². The molecule has 0 fully saturated rings. The van der Waals surface area contributed by atoms with Crippen LogP contribution in [0.1, 0.15) is 0 Å². The number of primary amides is 1. The van der Waals surface area contributed by atoms with Crippen LogP contribution in [0, 0.1) is 0 Å². The molecule has 4 aromatic rings. The summed E-state index contributed by atoms with van der Waals surface area (Å²) in [6, 6.07) is 18.2. The minimum Gasteiger partial charge on any atom is -0.410 e. The number of hydrogen-bond acceptors (Lipinski definition) is 7. The lowest BCUT2D eigenvalue weighted by atomic mass is 10.0. The van der Waals surface area contributed by atoms with E-state index in [4.69, 9.17) is 15.2 Å². The summed E-state index contributed by atoms with van der Waals surface area (Å²) in [6.45, 7) is 0. The van der Waals surface area contributed by atoms with Crippen LogP contribution in [0.4, 0.5) is 14.4 Å². The number of rotatable bonds is 5. The molecule has 0 unspecified atom stereocenters. The minimum atomic E-state index is -2.24. The molecule has 4 rings (SSSR count). The van der Waals surface area contributed by atoms with Crippen LogP contribution in [0.25, 0.3) is 27.7 Å². The highest BCUT2D eigenvalue weighted by molar-refractivity contribution is 8.44. The Balaban J connectivity index is 2.00. The standard InChI is InChI=1S/C27H30N6O5S/c1-31(2)26(35)37-18-14-15-21(22(16-18)38-27(36)32(3)4)33-23(24(29-30-33)39(5,6)25(28)34)20-13-9-11-17-10-7-8-12-19(17)20/h7-16H,1-6H3,(H2,28,34). The Morgan fingerprint density at radius 1 is 0.872 bits per heavy atom. The second-order valence-electron chi connectivity index (χ2n) is 9.48. The van der Waals surface area contributed by atoms with Gasteiger partial charge in [-0.25, -0.2) is 14.3 Å². The molecule has 0 saturated heterocycles. The van der Waals surface area contributed by atoms with Crippen LogP contribution in [0.2, 0.25) is 0 Å². The fourth-order valence-corrected chi connectivity index (χ4v) is 4.84. The monoisotopic (exact) mass is 550 g/mol. The third-order valence-electron chi connectivity index (χ3n) is 5.96. The molecule has 0 aliphatic heterocycles. The first kappa shape index (κ1) is 27.5. The van der Waals surface area contributed by atoms with Gasteiger partial charge in [0.25, 0.3) is 5.24 Å². The molecule has 11 nitrogen and oxygen atoms in total. The van der Waals surface area contributed by atoms with Gasteiger partial charge in [0.1, 0.15) is 22.2 Å². The van der Waals surface area contributed by atoms with E-state index >= 15 is 0 Å². The Hall–Kier alpha value is -4.58. The topological polar surface area (TPSA) is 133 Å². The van der Waals surface area contributed by atoms with Gasteiger partial charge in [-0.3, -0.25) is 4.79 Å². The number of hydrogen-bond donors (Lipinski definition) is 1. The highest BCUT2D eigenvalue weighted by Gasteiger charge is 2.32. The smallest absolute Gasteiger partial charge is 0.410 e. The lowest BCUT2D eigenvalue weighted by molar-refractivity contribution is 0.170. The molecule has 1 aromatic heterocycles. The first-order valence-electron chi connectivity index (χ1n) is 11.8. The fourth-order valence-electron chi connectivity index (χ4n) is 3.73. The van der Waals surface area contributed by atoms with E-state index in [-0.39, 0.29) is 11.5 Å². The van der Waals surface area contributed by atoms with Gasteiger partial charge in [-0.1, -0.05) is 47.7 Å². The zero-order valence-electron chi connectivity index (χ0n) is 22.5. The Kier molecular flexibility index (Phi) is 7.50. The minimum absolute atomic E-state index is 0.0718. The van der Waals surface area contributed by atoms with Crippen LogP contribution in [0.5, 0.6) is 11.5 Å². The van der Waals surface area contributed by atoms with Crippen molar-refractivity contribution in [1.29, 1.82) is 0 Å². The van der Waals surface area contributed by atoms with Gasteiger partial charge < -0.3 is 25.0 Å². The summed E-state index contributed by atoms with van der Waals surface area (Å²) in [5.41, 5.74) is 7.47. The van der Waals surface area contributed by atoms with E-state index in [2.05, 4.69) is 10.3 Å². The van der Waals surface area contributed by atoms with Crippen molar-refractivity contribution < 1.29 is 23.9 Å². The van der Waals surface area contributed by atoms with Crippen molar-refractivity contribution in [2.75, 3.05) is 40.7 Å². The number of amides is 3. The van der Waals surface area contributed by atoms with Crippen molar-refractivity contribution in [2.24, 2.45) is 5.73 Å². The van der Waals surface area contributed by atoms with E-state index < -0.39 is 27.5 Å². The van der Waals surface area contributed by atoms with E-state index in [0.717, 1.165) is 16.3 Å². The summed E-state index contributed by atoms with van der Waals surface area (Å²) in [4.78, 5) is 39.9. The largest absolute Gasteiger partial charge is 0.414 e. The highest BCUT2D eigenvalue weighted by atomic mass is 32.3. The van der Waals surface area contributed by atoms with E-state index in [1.165, 1.54) is 20.5 Å². The highest BCUT2D eigenvalue weighted by Crippen LogP contribution is 2.53. The maximum atomic E-state index is 12.6. The number of aromatic nitrogens is 3. The van der Waals surface area contributed by atoms with E-state index in [1.807, 2.05) is 42.5 Å². The third kappa shape index (κ3) is 5.36. The van der Waals surface area contributed by atoms with Crippen LogP contribution >= 0.6 is 10.0 Å². The molecule has 3 amide bonds. The molecule has 0 saturated carbocycles. The molecular formula is C27H30N6O5S. The predicted molar refractivity (Wildman–Crippen MR) is 151 cm³/mol. The van der Waals surface area contributed by atoms with E-state index in [1.54, 1.807) is 52.8 Å². The molecule has 204 valence electrons. The van der Waals surface area contributed by atoms with Crippen molar-refractivity contribution in [2.45, 2.75) is 5.03 Å². The number of nitrogens with two attached hydrogens (primary N) is 1. The average molecular weight is 551 g/mol. The third-order valence-corrected chi connectivity index (χ3v) is 8.21. The lowest BCUT2D eigenvalue weighted by Gasteiger charge is -2.26. The summed E-state index contributed by atoms with van der Waals surface area (Å²) in [6.07, 6.45) is 2.27. The number of benzene rings is 3. The molecule has 0 aliphatic rings. The number of nitrogens with zero attached hydrogens (tertiary/aromatic N) is 5. The van der Waals surface area contributed by atoms with Gasteiger partial charge in [-0.2, -0.15) is 0 Å². The van der Waals surface area contributed by atoms with Crippen molar-refractivity contribution in [1.82, 2.24) is 24.8 Å². The second kappa shape index (κ2) is 10.7. The zero-order chi connectivity index (χ0) is 28.5. The predicted octanol–water partition coefficient (Wildman–Crippen LogP) is 4.71. The van der Waals surface area contributed by atoms with Crippen molar-refractivity contribution in [3.8, 4) is 28.4 Å². The second-order valence-corrected chi connectivity index (χ2v) is 12.9. The molecule has 0 atom stereocenters. The van der Waals surface area contributed by atoms with Crippen molar-refractivity contribution in [3.05, 3.63) is 60.7 Å². The molecule has 1 heterocycles. The average Bonchev–Trinajstić information content (AvgIpc) is 3.33. The van der Waals surface area contributed by atoms with Crippen LogP contribution in [-0.2, 0) is 0 Å². The lowest BCUT2D eigenvalue weighted by Crippen LogP contribution is -2.26. The molecule has 0 bridgehead atoms. The Labute approximate surface area is 227 Å². The molecule has 0 aliphatic carbocycles. The summed E-state index contributed by atoms with van der Waals surface area (Å²) in [5, 5.41) is 10.7. The van der Waals surface area contributed by atoms with Gasteiger partial charge in [-0.05, 0) is 35.4 Å². The van der Waals surface area contributed by atoms with Gasteiger partial charge in [-0.15, -0.1) is 15.1 Å². The van der Waals surface area contributed by atoms with Crippen molar-refractivity contribution in [3.63, 3.8) is 0 Å². The van der Waals surface area contributed by atoms with Gasteiger partial charge >= 0.3 is 12.2 Å². The quantitative estimate of drug-likeness (QED) is 0.380. The van der Waals surface area contributed by atoms with Gasteiger partial charge in [0, 0.05) is 39.8 Å². The van der Waals surface area contributed by atoms with Crippen LogP contribution in [-0.4, -0.2) is 82.9 Å². The van der Waals surface area contributed by atoms with Crippen LogP contribution in [0.15, 0.2) is 65.7 Å². The molecular weight excluding hydrogens is 520 g/mol. The summed E-state index contributed by atoms with van der Waals surface area (Å²) >= 11 is 0. The fraction of sp³-hybridized carbons (Fsp3) is 0.222. The molecule has 39 heavy (non-hydrogen) atoms. The number of carbonyl (C=O) groups is 3. The van der Waals surface area contributed by atoms with Crippen LogP contribution in [0.3, 0.4) is 0 Å².